The Bertz CT molecular complexity index is 4290. The molecule has 2 aromatic heterocycles. The molecule has 17 heteroatoms. The first-order valence-electron chi connectivity index (χ1n) is 34.3. The summed E-state index contributed by atoms with van der Waals surface area (Å²) in [5.41, 5.74) is 0.294. The van der Waals surface area contributed by atoms with Gasteiger partial charge in [-0.3, -0.25) is 0 Å². The van der Waals surface area contributed by atoms with Crippen LogP contribution in [0, 0.1) is 11.6 Å². The molecule has 2 heterocycles. The SMILES string of the molecule is Brc1ncccn1.Fc1cc(Br)ccc1-c1ncccn1.OB(O)c1ccc(Br)cc1F.[Pd].c1ccc(P(c2ccccc2)c2ccccc2)cc1.c1ccc(P(c2ccccc2)c2ccccc2)cc1.c1ccc(P(c2ccccc2)c2ccccc2)cc1.c1ccc(P(c2ccccc2)c2ccccc2)cc1. The molecular weight excluding hydrogens is 1710 g/mol. The van der Waals surface area contributed by atoms with E-state index in [1.54, 1.807) is 49.1 Å². The van der Waals surface area contributed by atoms with Crippen LogP contribution < -0.4 is 69.1 Å². The molecule has 0 spiro atoms. The van der Waals surface area contributed by atoms with Crippen molar-refractivity contribution >= 4 is 156 Å². The minimum Gasteiger partial charge on any atom is -0.423 e. The van der Waals surface area contributed by atoms with E-state index in [2.05, 4.69) is 432 Å². The van der Waals surface area contributed by atoms with Crippen molar-refractivity contribution in [3.05, 3.63) is 463 Å². The van der Waals surface area contributed by atoms with Gasteiger partial charge in [-0.05, 0) is 154 Å². The molecule has 0 saturated carbocycles. The Morgan fingerprint density at radius 1 is 0.239 bits per heavy atom. The van der Waals surface area contributed by atoms with E-state index in [0.29, 0.717) is 25.1 Å². The average Bonchev–Trinajstić information content (AvgIpc) is 0.745. The van der Waals surface area contributed by atoms with E-state index in [4.69, 9.17) is 10.0 Å². The van der Waals surface area contributed by atoms with Crippen LogP contribution in [-0.4, -0.2) is 37.1 Å². The van der Waals surface area contributed by atoms with Crippen molar-refractivity contribution in [1.29, 1.82) is 0 Å². The largest absolute Gasteiger partial charge is 0.491 e. The molecule has 109 heavy (non-hydrogen) atoms. The second-order valence-corrected chi connectivity index (χ2v) is 34.5. The molecule has 0 fully saturated rings. The smallest absolute Gasteiger partial charge is 0.423 e. The number of aromatic nitrogens is 4. The van der Waals surface area contributed by atoms with Crippen LogP contribution in [-0.2, 0) is 20.4 Å². The maximum Gasteiger partial charge on any atom is 0.491 e. The van der Waals surface area contributed by atoms with E-state index in [1.807, 2.05) is 0 Å². The second-order valence-electron chi connectivity index (χ2n) is 23.1. The fourth-order valence-corrected chi connectivity index (χ4v) is 20.9. The molecule has 0 aliphatic carbocycles. The number of nitrogens with zero attached hydrogens (tertiary/aromatic N) is 4. The Labute approximate surface area is 682 Å². The Kier molecular flexibility index (Phi) is 36.3. The van der Waals surface area contributed by atoms with Gasteiger partial charge in [-0.1, -0.05) is 402 Å². The summed E-state index contributed by atoms with van der Waals surface area (Å²) < 4.78 is 28.1. The molecule has 0 radical (unpaired) electrons. The first kappa shape index (κ1) is 83.9. The number of halogens is 5. The summed E-state index contributed by atoms with van der Waals surface area (Å²) in [6, 6.07) is 142. The minimum atomic E-state index is -1.75. The topological polar surface area (TPSA) is 92.0 Å². The van der Waals surface area contributed by atoms with Crippen LogP contribution in [0.2, 0.25) is 0 Å². The van der Waals surface area contributed by atoms with Crippen molar-refractivity contribution in [2.24, 2.45) is 0 Å². The molecule has 0 bridgehead atoms. The molecule has 0 atom stereocenters. The first-order chi connectivity index (χ1) is 53.1. The van der Waals surface area contributed by atoms with Crippen molar-refractivity contribution in [1.82, 2.24) is 19.9 Å². The second kappa shape index (κ2) is 47.1. The van der Waals surface area contributed by atoms with Gasteiger partial charge >= 0.3 is 7.12 Å². The Balaban J connectivity index is 0.000000149. The summed E-state index contributed by atoms with van der Waals surface area (Å²) in [5, 5.41) is 34.0. The monoisotopic (exact) mass is 1780 g/mol. The van der Waals surface area contributed by atoms with E-state index in [0.717, 1.165) is 0 Å². The third-order valence-electron chi connectivity index (χ3n) is 15.7. The van der Waals surface area contributed by atoms with E-state index < -0.39 is 44.6 Å². The minimum absolute atomic E-state index is 0. The number of benzene rings is 14. The average molecular weight is 1790 g/mol. The molecule has 6 nitrogen and oxygen atoms in total. The van der Waals surface area contributed by atoms with Gasteiger partial charge in [0.25, 0.3) is 0 Å². The van der Waals surface area contributed by atoms with Crippen LogP contribution in [0.4, 0.5) is 8.78 Å². The van der Waals surface area contributed by atoms with Gasteiger partial charge in [-0.15, -0.1) is 0 Å². The van der Waals surface area contributed by atoms with Crippen molar-refractivity contribution in [2.75, 3.05) is 0 Å². The van der Waals surface area contributed by atoms with Gasteiger partial charge in [0.15, 0.2) is 10.6 Å². The molecular formula is C92H74BBr3F2N4O2P4Pd. The quantitative estimate of drug-likeness (QED) is 0.0640. The number of hydrogen-bond acceptors (Lipinski definition) is 6. The third kappa shape index (κ3) is 27.2. The summed E-state index contributed by atoms with van der Waals surface area (Å²) in [6.45, 7) is 0. The van der Waals surface area contributed by atoms with Crippen molar-refractivity contribution < 1.29 is 39.3 Å². The summed E-state index contributed by atoms with van der Waals surface area (Å²) in [4.78, 5) is 15.5. The standard InChI is InChI=1S/4C18H15P.C10H6BrFN2.C6H5BBrFO2.C4H3BrN2.Pd/c4*1-4-10-16(11-5-1)19(17-12-6-2-7-13-17)18-14-8-3-9-15-18;11-7-2-3-8(9(12)6-7)10-13-4-1-5-14-10;8-4-1-2-5(7(10)11)6(9)3-4;5-4-6-2-1-3-7-4;/h4*1-15H;1-6H;1-3,10-11H;1-3H;. The zero-order valence-electron chi connectivity index (χ0n) is 58.8. The number of rotatable bonds is 14. The fraction of sp³-hybridized carbons (Fsp3) is 0. The van der Waals surface area contributed by atoms with Gasteiger partial charge in [0.1, 0.15) is 11.6 Å². The molecule has 0 unspecified atom stereocenters. The maximum absolute atomic E-state index is 13.4. The molecule has 0 amide bonds. The van der Waals surface area contributed by atoms with Gasteiger partial charge in [-0.2, -0.15) is 0 Å². The molecule has 0 aliphatic rings. The van der Waals surface area contributed by atoms with Gasteiger partial charge < -0.3 is 10.0 Å². The summed E-state index contributed by atoms with van der Waals surface area (Å²) in [5.74, 6) is -0.558. The molecule has 2 N–H and O–H groups in total. The van der Waals surface area contributed by atoms with Crippen LogP contribution in [0.25, 0.3) is 11.4 Å². The molecule has 16 aromatic rings. The normalized spacial score (nSPS) is 10.2. The van der Waals surface area contributed by atoms with Crippen molar-refractivity contribution in [3.63, 3.8) is 0 Å². The Hall–Kier alpha value is -9.09. The fourth-order valence-electron chi connectivity index (χ4n) is 10.8. The predicted octanol–water partition coefficient (Wildman–Crippen LogP) is 18.3. The van der Waals surface area contributed by atoms with Gasteiger partial charge in [-0.25, -0.2) is 28.7 Å². The molecule has 0 saturated heterocycles. The first-order valence-corrected chi connectivity index (χ1v) is 42.1. The van der Waals surface area contributed by atoms with Gasteiger partial charge in [0.2, 0.25) is 0 Å². The summed E-state index contributed by atoms with van der Waals surface area (Å²) in [6.07, 6.45) is 6.53. The number of hydrogen-bond donors (Lipinski definition) is 2. The maximum atomic E-state index is 13.4. The molecule has 542 valence electrons. The van der Waals surface area contributed by atoms with Gasteiger partial charge in [0.05, 0.1) is 5.56 Å². The molecule has 0 aliphatic heterocycles. The van der Waals surface area contributed by atoms with E-state index in [1.165, 1.54) is 87.9 Å². The predicted molar refractivity (Wildman–Crippen MR) is 469 cm³/mol. The zero-order valence-corrected chi connectivity index (χ0v) is 68.7. The zero-order chi connectivity index (χ0) is 75.2. The van der Waals surface area contributed by atoms with Crippen LogP contribution in [0.5, 0.6) is 0 Å². The van der Waals surface area contributed by atoms with Crippen LogP contribution in [0.1, 0.15) is 0 Å². The van der Waals surface area contributed by atoms with E-state index in [-0.39, 0.29) is 31.7 Å². The van der Waals surface area contributed by atoms with Gasteiger partial charge in [0, 0.05) is 59.6 Å². The van der Waals surface area contributed by atoms with Crippen LogP contribution in [0.3, 0.4) is 0 Å². The third-order valence-corrected chi connectivity index (χ3v) is 26.9. The Morgan fingerprint density at radius 3 is 0.606 bits per heavy atom. The van der Waals surface area contributed by atoms with Crippen molar-refractivity contribution in [2.45, 2.75) is 0 Å². The molecule has 14 aromatic carbocycles. The van der Waals surface area contributed by atoms with Crippen LogP contribution >= 0.6 is 79.5 Å². The van der Waals surface area contributed by atoms with Crippen LogP contribution in [0.15, 0.2) is 451 Å². The van der Waals surface area contributed by atoms with E-state index >= 15 is 0 Å². The molecule has 16 rings (SSSR count). The Morgan fingerprint density at radius 2 is 0.431 bits per heavy atom. The summed E-state index contributed by atoms with van der Waals surface area (Å²) >= 11 is 9.32. The van der Waals surface area contributed by atoms with Crippen molar-refractivity contribution in [3.8, 4) is 11.4 Å². The van der Waals surface area contributed by atoms with E-state index in [9.17, 15) is 8.78 Å². The summed E-state index contributed by atoms with van der Waals surface area (Å²) in [7, 11) is -3.53.